The minimum Gasteiger partial charge on any atom is -0.368 e. The molecule has 1 saturated heterocycles. The number of amides is 2. The van der Waals surface area contributed by atoms with E-state index in [1.54, 1.807) is 12.1 Å². The summed E-state index contributed by atoms with van der Waals surface area (Å²) >= 11 is 7.32. The first-order valence-electron chi connectivity index (χ1n) is 9.30. The van der Waals surface area contributed by atoms with Crippen molar-refractivity contribution in [1.29, 1.82) is 0 Å². The molecular weight excluding hydrogens is 394 g/mol. The van der Waals surface area contributed by atoms with E-state index in [4.69, 9.17) is 11.6 Å². The van der Waals surface area contributed by atoms with Crippen LogP contribution in [0.4, 0.5) is 5.69 Å². The lowest BCUT2D eigenvalue weighted by Crippen LogP contribution is -2.51. The van der Waals surface area contributed by atoms with Gasteiger partial charge in [-0.05, 0) is 43.3 Å². The second-order valence-electron chi connectivity index (χ2n) is 6.64. The standard InChI is InChI=1S/C21H24ClN3O2S/c1-16(28-19-9-7-17(22)8-10-19)21(27)23-15-20(26)25-13-11-24(12-14-25)18-5-3-2-4-6-18/h2-10,16H,11-15H2,1H3,(H,23,27). The number of halogens is 1. The average molecular weight is 418 g/mol. The van der Waals surface area contributed by atoms with Gasteiger partial charge in [-0.1, -0.05) is 29.8 Å². The SMILES string of the molecule is CC(Sc1ccc(Cl)cc1)C(=O)NCC(=O)N1CCN(c2ccccc2)CC1. The minimum absolute atomic E-state index is 0.0373. The molecule has 1 fully saturated rings. The first-order valence-corrected chi connectivity index (χ1v) is 10.6. The van der Waals surface area contributed by atoms with Crippen molar-refractivity contribution in [2.45, 2.75) is 17.1 Å². The summed E-state index contributed by atoms with van der Waals surface area (Å²) in [7, 11) is 0. The van der Waals surface area contributed by atoms with Crippen LogP contribution in [0.5, 0.6) is 0 Å². The predicted octanol–water partition coefficient (Wildman–Crippen LogP) is 3.29. The molecule has 2 amide bonds. The van der Waals surface area contributed by atoms with E-state index in [0.29, 0.717) is 18.1 Å². The Bertz CT molecular complexity index is 793. The van der Waals surface area contributed by atoms with Crippen LogP contribution >= 0.6 is 23.4 Å². The van der Waals surface area contributed by atoms with Crippen LogP contribution in [-0.4, -0.2) is 54.7 Å². The summed E-state index contributed by atoms with van der Waals surface area (Å²) in [4.78, 5) is 29.8. The molecule has 0 aromatic heterocycles. The first-order chi connectivity index (χ1) is 13.5. The molecule has 0 radical (unpaired) electrons. The Kier molecular flexibility index (Phi) is 7.23. The van der Waals surface area contributed by atoms with Crippen molar-refractivity contribution in [1.82, 2.24) is 10.2 Å². The smallest absolute Gasteiger partial charge is 0.242 e. The van der Waals surface area contributed by atoms with Crippen molar-refractivity contribution < 1.29 is 9.59 Å². The predicted molar refractivity (Wildman–Crippen MR) is 115 cm³/mol. The third-order valence-electron chi connectivity index (χ3n) is 4.66. The highest BCUT2D eigenvalue weighted by atomic mass is 35.5. The molecule has 3 rings (SSSR count). The van der Waals surface area contributed by atoms with Crippen molar-refractivity contribution >= 4 is 40.9 Å². The van der Waals surface area contributed by atoms with Crippen LogP contribution in [0.1, 0.15) is 6.92 Å². The number of carbonyl (C=O) groups is 2. The van der Waals surface area contributed by atoms with Crippen LogP contribution in [-0.2, 0) is 9.59 Å². The maximum atomic E-state index is 12.4. The first kappa shape index (κ1) is 20.6. The highest BCUT2D eigenvalue weighted by molar-refractivity contribution is 8.00. The minimum atomic E-state index is -0.288. The molecule has 28 heavy (non-hydrogen) atoms. The van der Waals surface area contributed by atoms with Gasteiger partial charge in [0.25, 0.3) is 0 Å². The van der Waals surface area contributed by atoms with Gasteiger partial charge in [0.15, 0.2) is 0 Å². The monoisotopic (exact) mass is 417 g/mol. The maximum Gasteiger partial charge on any atom is 0.242 e. The van der Waals surface area contributed by atoms with Gasteiger partial charge >= 0.3 is 0 Å². The fourth-order valence-corrected chi connectivity index (χ4v) is 4.06. The summed E-state index contributed by atoms with van der Waals surface area (Å²) in [6.07, 6.45) is 0. The van der Waals surface area contributed by atoms with Gasteiger partial charge in [-0.15, -0.1) is 11.8 Å². The molecule has 2 aromatic rings. The molecule has 7 heteroatoms. The van der Waals surface area contributed by atoms with Crippen molar-refractivity contribution in [3.05, 3.63) is 59.6 Å². The Morgan fingerprint density at radius 3 is 2.32 bits per heavy atom. The molecule has 1 N–H and O–H groups in total. The molecule has 1 aliphatic rings. The quantitative estimate of drug-likeness (QED) is 0.733. The lowest BCUT2D eigenvalue weighted by atomic mass is 10.2. The highest BCUT2D eigenvalue weighted by Gasteiger charge is 2.22. The molecule has 0 spiro atoms. The summed E-state index contributed by atoms with van der Waals surface area (Å²) in [6, 6.07) is 17.6. The fourth-order valence-electron chi connectivity index (χ4n) is 3.04. The van der Waals surface area contributed by atoms with Crippen molar-refractivity contribution in [2.24, 2.45) is 0 Å². The molecule has 0 saturated carbocycles. The lowest BCUT2D eigenvalue weighted by Gasteiger charge is -2.36. The zero-order chi connectivity index (χ0) is 19.9. The van der Waals surface area contributed by atoms with Gasteiger partial charge in [0, 0.05) is 41.8 Å². The van der Waals surface area contributed by atoms with Crippen molar-refractivity contribution in [3.8, 4) is 0 Å². The Hall–Kier alpha value is -2.18. The third kappa shape index (κ3) is 5.66. The number of para-hydroxylation sites is 1. The van der Waals surface area contributed by atoms with E-state index in [1.807, 2.05) is 42.2 Å². The van der Waals surface area contributed by atoms with Gasteiger partial charge in [0.1, 0.15) is 0 Å². The van der Waals surface area contributed by atoms with E-state index < -0.39 is 0 Å². The maximum absolute atomic E-state index is 12.4. The van der Waals surface area contributed by atoms with Gasteiger partial charge in [-0.25, -0.2) is 0 Å². The number of nitrogens with one attached hydrogen (secondary N) is 1. The lowest BCUT2D eigenvalue weighted by molar-refractivity contribution is -0.132. The summed E-state index contributed by atoms with van der Waals surface area (Å²) in [5, 5.41) is 3.14. The van der Waals surface area contributed by atoms with Crippen LogP contribution < -0.4 is 10.2 Å². The normalized spacial score (nSPS) is 15.2. The van der Waals surface area contributed by atoms with Crippen molar-refractivity contribution in [3.63, 3.8) is 0 Å². The molecule has 1 unspecified atom stereocenters. The largest absolute Gasteiger partial charge is 0.368 e. The number of rotatable bonds is 6. The summed E-state index contributed by atoms with van der Waals surface area (Å²) in [5.41, 5.74) is 1.18. The molecule has 0 aliphatic carbocycles. The second-order valence-corrected chi connectivity index (χ2v) is 8.49. The molecule has 2 aromatic carbocycles. The van der Waals surface area contributed by atoms with E-state index in [1.165, 1.54) is 17.4 Å². The average Bonchev–Trinajstić information content (AvgIpc) is 2.74. The van der Waals surface area contributed by atoms with E-state index >= 15 is 0 Å². The Balaban J connectivity index is 1.41. The molecule has 1 aliphatic heterocycles. The zero-order valence-corrected chi connectivity index (χ0v) is 17.4. The van der Waals surface area contributed by atoms with E-state index in [2.05, 4.69) is 22.3 Å². The number of hydrogen-bond acceptors (Lipinski definition) is 4. The Morgan fingerprint density at radius 1 is 1.04 bits per heavy atom. The summed E-state index contributed by atoms with van der Waals surface area (Å²) < 4.78 is 0. The van der Waals surface area contributed by atoms with Gasteiger partial charge < -0.3 is 15.1 Å². The van der Waals surface area contributed by atoms with Gasteiger partial charge in [0.05, 0.1) is 11.8 Å². The van der Waals surface area contributed by atoms with Crippen LogP contribution in [0.25, 0.3) is 0 Å². The number of carbonyl (C=O) groups excluding carboxylic acids is 2. The highest BCUT2D eigenvalue weighted by Crippen LogP contribution is 2.24. The van der Waals surface area contributed by atoms with E-state index in [0.717, 1.165) is 18.0 Å². The molecule has 148 valence electrons. The number of anilines is 1. The second kappa shape index (κ2) is 9.85. The Labute approximate surface area is 175 Å². The topological polar surface area (TPSA) is 52.7 Å². The van der Waals surface area contributed by atoms with Crippen molar-refractivity contribution in [2.75, 3.05) is 37.6 Å². The van der Waals surface area contributed by atoms with E-state index in [-0.39, 0.29) is 23.6 Å². The van der Waals surface area contributed by atoms with Gasteiger partial charge in [-0.2, -0.15) is 0 Å². The molecule has 1 atom stereocenters. The van der Waals surface area contributed by atoms with Crippen LogP contribution in [0.3, 0.4) is 0 Å². The fraction of sp³-hybridized carbons (Fsp3) is 0.333. The summed E-state index contributed by atoms with van der Waals surface area (Å²) in [5.74, 6) is -0.180. The van der Waals surface area contributed by atoms with Crippen LogP contribution in [0, 0.1) is 0 Å². The number of thioether (sulfide) groups is 1. The number of piperazine rings is 1. The van der Waals surface area contributed by atoms with Crippen LogP contribution in [0.2, 0.25) is 5.02 Å². The van der Waals surface area contributed by atoms with E-state index in [9.17, 15) is 9.59 Å². The third-order valence-corrected chi connectivity index (χ3v) is 6.03. The summed E-state index contributed by atoms with van der Waals surface area (Å²) in [6.45, 7) is 4.80. The number of benzene rings is 2. The van der Waals surface area contributed by atoms with Crippen LogP contribution in [0.15, 0.2) is 59.5 Å². The molecular formula is C21H24ClN3O2S. The van der Waals surface area contributed by atoms with Gasteiger partial charge in [0.2, 0.25) is 11.8 Å². The number of hydrogen-bond donors (Lipinski definition) is 1. The zero-order valence-electron chi connectivity index (χ0n) is 15.8. The molecule has 0 bridgehead atoms. The molecule has 5 nitrogen and oxygen atoms in total. The Morgan fingerprint density at radius 2 is 1.68 bits per heavy atom. The molecule has 1 heterocycles. The van der Waals surface area contributed by atoms with Gasteiger partial charge in [-0.3, -0.25) is 9.59 Å². The number of nitrogens with zero attached hydrogens (tertiary/aromatic N) is 2.